The van der Waals surface area contributed by atoms with Gasteiger partial charge in [0.15, 0.2) is 12.4 Å². The van der Waals surface area contributed by atoms with Crippen molar-refractivity contribution in [1.29, 1.82) is 0 Å². The average molecular weight is 488 g/mol. The molecule has 0 fully saturated rings. The zero-order chi connectivity index (χ0) is 23.5. The first-order valence-corrected chi connectivity index (χ1v) is 10.8. The Bertz CT molecular complexity index is 1300. The van der Waals surface area contributed by atoms with Gasteiger partial charge in [-0.05, 0) is 61.9 Å². The maximum absolute atomic E-state index is 13.3. The Kier molecular flexibility index (Phi) is 6.67. The molecule has 10 heteroatoms. The molecule has 0 unspecified atom stereocenters. The fraction of sp³-hybridized carbons (Fsp3) is 0.174. The van der Waals surface area contributed by atoms with E-state index in [0.717, 1.165) is 11.3 Å². The number of ether oxygens (including phenoxy) is 1. The van der Waals surface area contributed by atoms with Gasteiger partial charge in [0, 0.05) is 16.2 Å². The number of hydrogen-bond acceptors (Lipinski definition) is 4. The molecule has 2 aromatic heterocycles. The summed E-state index contributed by atoms with van der Waals surface area (Å²) in [6, 6.07) is 12.8. The molecule has 33 heavy (non-hydrogen) atoms. The molecule has 0 spiro atoms. The largest absolute Gasteiger partial charge is 0.471 e. The number of carbonyl (C=O) groups excluding carboxylic acids is 1. The van der Waals surface area contributed by atoms with Crippen LogP contribution in [0.4, 0.5) is 10.1 Å². The highest BCUT2D eigenvalue weighted by atomic mass is 35.5. The van der Waals surface area contributed by atoms with Crippen molar-refractivity contribution in [3.05, 3.63) is 93.2 Å². The molecule has 0 atom stereocenters. The lowest BCUT2D eigenvalue weighted by Gasteiger charge is -2.08. The van der Waals surface area contributed by atoms with Gasteiger partial charge in [0.2, 0.25) is 0 Å². The molecule has 4 rings (SSSR count). The minimum absolute atomic E-state index is 0.142. The second kappa shape index (κ2) is 9.64. The molecule has 4 aromatic rings. The van der Waals surface area contributed by atoms with Gasteiger partial charge >= 0.3 is 0 Å². The summed E-state index contributed by atoms with van der Waals surface area (Å²) in [5, 5.41) is 12.6. The smallest absolute Gasteiger partial charge is 0.276 e. The highest BCUT2D eigenvalue weighted by molar-refractivity contribution is 6.31. The van der Waals surface area contributed by atoms with Gasteiger partial charge in [0.25, 0.3) is 5.91 Å². The van der Waals surface area contributed by atoms with Crippen molar-refractivity contribution in [2.45, 2.75) is 27.1 Å². The number of nitrogens with one attached hydrogen (secondary N) is 1. The van der Waals surface area contributed by atoms with Gasteiger partial charge in [0.05, 0.1) is 23.6 Å². The standard InChI is InChI=1S/C23H20Cl2FN5O2/c1-14-22(15(2)31(28-14)12-16-3-6-18(26)11-20(16)25)27-23(32)21-9-10-30(29-21)13-33-19-7-4-17(24)5-8-19/h3-11H,12-13H2,1-2H3,(H,27,32). The second-order valence-corrected chi connectivity index (χ2v) is 8.20. The molecule has 2 heterocycles. The number of rotatable bonds is 7. The van der Waals surface area contributed by atoms with E-state index in [1.54, 1.807) is 54.2 Å². The summed E-state index contributed by atoms with van der Waals surface area (Å²) in [5.74, 6) is -0.130. The predicted molar refractivity (Wildman–Crippen MR) is 124 cm³/mol. The number of anilines is 1. The molecule has 0 aliphatic heterocycles. The van der Waals surface area contributed by atoms with Crippen molar-refractivity contribution in [1.82, 2.24) is 19.6 Å². The SMILES string of the molecule is Cc1nn(Cc2ccc(F)cc2Cl)c(C)c1NC(=O)c1ccn(COc2ccc(Cl)cc2)n1. The number of amides is 1. The van der Waals surface area contributed by atoms with E-state index < -0.39 is 5.82 Å². The lowest BCUT2D eigenvalue weighted by molar-refractivity contribution is 0.102. The summed E-state index contributed by atoms with van der Waals surface area (Å²) in [6.45, 7) is 4.12. The third-order valence-corrected chi connectivity index (χ3v) is 5.61. The number of aromatic nitrogens is 4. The van der Waals surface area contributed by atoms with Gasteiger partial charge in [-0.3, -0.25) is 9.48 Å². The van der Waals surface area contributed by atoms with Crippen LogP contribution >= 0.6 is 23.2 Å². The summed E-state index contributed by atoms with van der Waals surface area (Å²) < 4.78 is 22.2. The van der Waals surface area contributed by atoms with Crippen LogP contribution in [0.1, 0.15) is 27.4 Å². The second-order valence-electron chi connectivity index (χ2n) is 7.36. The molecule has 7 nitrogen and oxygen atoms in total. The predicted octanol–water partition coefficient (Wildman–Crippen LogP) is 5.48. The fourth-order valence-electron chi connectivity index (χ4n) is 3.25. The third-order valence-electron chi connectivity index (χ3n) is 5.01. The maximum atomic E-state index is 13.3. The third kappa shape index (κ3) is 5.35. The van der Waals surface area contributed by atoms with Gasteiger partial charge in [0.1, 0.15) is 11.6 Å². The van der Waals surface area contributed by atoms with Gasteiger partial charge < -0.3 is 10.1 Å². The van der Waals surface area contributed by atoms with E-state index >= 15 is 0 Å². The lowest BCUT2D eigenvalue weighted by atomic mass is 10.2. The highest BCUT2D eigenvalue weighted by Gasteiger charge is 2.18. The zero-order valence-corrected chi connectivity index (χ0v) is 19.4. The van der Waals surface area contributed by atoms with Crippen LogP contribution in [0.2, 0.25) is 10.0 Å². The van der Waals surface area contributed by atoms with Gasteiger partial charge in [-0.2, -0.15) is 10.2 Å². The lowest BCUT2D eigenvalue weighted by Crippen LogP contribution is -2.15. The van der Waals surface area contributed by atoms with Crippen LogP contribution in [-0.2, 0) is 13.3 Å². The van der Waals surface area contributed by atoms with Crippen molar-refractivity contribution < 1.29 is 13.9 Å². The van der Waals surface area contributed by atoms with E-state index in [-0.39, 0.29) is 18.3 Å². The quantitative estimate of drug-likeness (QED) is 0.374. The molecule has 0 aliphatic carbocycles. The molecule has 0 saturated carbocycles. The van der Waals surface area contributed by atoms with Gasteiger partial charge in [-0.15, -0.1) is 0 Å². The van der Waals surface area contributed by atoms with Crippen molar-refractivity contribution in [3.63, 3.8) is 0 Å². The Morgan fingerprint density at radius 3 is 2.58 bits per heavy atom. The van der Waals surface area contributed by atoms with Crippen LogP contribution in [0.15, 0.2) is 54.7 Å². The van der Waals surface area contributed by atoms with Gasteiger partial charge in [-0.25, -0.2) is 9.07 Å². The number of carbonyl (C=O) groups is 1. The van der Waals surface area contributed by atoms with Crippen molar-refractivity contribution >= 4 is 34.8 Å². The Morgan fingerprint density at radius 1 is 1.09 bits per heavy atom. The summed E-state index contributed by atoms with van der Waals surface area (Å²) in [7, 11) is 0. The minimum Gasteiger partial charge on any atom is -0.471 e. The summed E-state index contributed by atoms with van der Waals surface area (Å²) >= 11 is 12.0. The molecule has 1 N–H and O–H groups in total. The summed E-state index contributed by atoms with van der Waals surface area (Å²) in [6.07, 6.45) is 1.66. The number of benzene rings is 2. The maximum Gasteiger partial charge on any atom is 0.276 e. The van der Waals surface area contributed by atoms with E-state index in [4.69, 9.17) is 27.9 Å². The average Bonchev–Trinajstić information content (AvgIpc) is 3.36. The van der Waals surface area contributed by atoms with E-state index in [1.807, 2.05) is 6.92 Å². The molecule has 170 valence electrons. The molecule has 1 amide bonds. The molecular weight excluding hydrogens is 468 g/mol. The zero-order valence-electron chi connectivity index (χ0n) is 17.8. The Morgan fingerprint density at radius 2 is 1.85 bits per heavy atom. The Balaban J connectivity index is 1.42. The molecule has 0 aliphatic rings. The van der Waals surface area contributed by atoms with E-state index in [9.17, 15) is 9.18 Å². The Labute approximate surface area is 199 Å². The molecule has 0 bridgehead atoms. The normalized spacial score (nSPS) is 10.9. The Hall–Kier alpha value is -3.36. The van der Waals surface area contributed by atoms with Crippen molar-refractivity contribution in [3.8, 4) is 5.75 Å². The van der Waals surface area contributed by atoms with Crippen molar-refractivity contribution in [2.24, 2.45) is 0 Å². The summed E-state index contributed by atoms with van der Waals surface area (Å²) in [5.41, 5.74) is 2.94. The highest BCUT2D eigenvalue weighted by Crippen LogP contribution is 2.24. The molecule has 2 aromatic carbocycles. The summed E-state index contributed by atoms with van der Waals surface area (Å²) in [4.78, 5) is 12.8. The topological polar surface area (TPSA) is 74.0 Å². The van der Waals surface area contributed by atoms with Crippen molar-refractivity contribution in [2.75, 3.05) is 5.32 Å². The van der Waals surface area contributed by atoms with Crippen LogP contribution in [-0.4, -0.2) is 25.5 Å². The molecule has 0 radical (unpaired) electrons. The first kappa shape index (κ1) is 22.8. The molecule has 0 saturated heterocycles. The number of halogens is 3. The van der Waals surface area contributed by atoms with Gasteiger partial charge in [-0.1, -0.05) is 29.3 Å². The van der Waals surface area contributed by atoms with Crippen LogP contribution in [0.5, 0.6) is 5.75 Å². The number of aryl methyl sites for hydroxylation is 1. The van der Waals surface area contributed by atoms with Crippen LogP contribution in [0.25, 0.3) is 0 Å². The van der Waals surface area contributed by atoms with Crippen LogP contribution < -0.4 is 10.1 Å². The first-order chi connectivity index (χ1) is 15.8. The van der Waals surface area contributed by atoms with Crippen LogP contribution in [0.3, 0.4) is 0 Å². The number of nitrogens with zero attached hydrogens (tertiary/aromatic N) is 4. The number of hydrogen-bond donors (Lipinski definition) is 1. The van der Waals surface area contributed by atoms with Crippen LogP contribution in [0, 0.1) is 19.7 Å². The molecular formula is C23H20Cl2FN5O2. The minimum atomic E-state index is -0.400. The first-order valence-electron chi connectivity index (χ1n) is 10.0. The van der Waals surface area contributed by atoms with E-state index in [2.05, 4.69) is 15.5 Å². The monoisotopic (exact) mass is 487 g/mol. The van der Waals surface area contributed by atoms with E-state index in [0.29, 0.717) is 33.7 Å². The van der Waals surface area contributed by atoms with E-state index in [1.165, 1.54) is 16.8 Å². The fourth-order valence-corrected chi connectivity index (χ4v) is 3.60.